The van der Waals surface area contributed by atoms with Gasteiger partial charge in [0.1, 0.15) is 17.3 Å². The predicted octanol–water partition coefficient (Wildman–Crippen LogP) is 3.59. The van der Waals surface area contributed by atoms with Gasteiger partial charge in [0, 0.05) is 36.5 Å². The monoisotopic (exact) mass is 316 g/mol. The number of fused-ring (bicyclic) bond motifs is 5. The Balaban J connectivity index is 1.73. The van der Waals surface area contributed by atoms with Gasteiger partial charge in [-0.05, 0) is 48.9 Å². The molecule has 0 aliphatic heterocycles. The first-order valence-corrected chi connectivity index (χ1v) is 9.36. The van der Waals surface area contributed by atoms with Crippen LogP contribution in [0.25, 0.3) is 0 Å². The Morgan fingerprint density at radius 2 is 1.74 bits per heavy atom. The molecule has 4 aliphatic rings. The van der Waals surface area contributed by atoms with Crippen LogP contribution in [0.1, 0.15) is 65.7 Å². The molecule has 0 radical (unpaired) electrons. The van der Waals surface area contributed by atoms with Crippen LogP contribution in [0.15, 0.2) is 0 Å². The van der Waals surface area contributed by atoms with Crippen LogP contribution in [-0.4, -0.2) is 17.3 Å². The summed E-state index contributed by atoms with van der Waals surface area (Å²) in [5.74, 6) is 2.32. The lowest BCUT2D eigenvalue weighted by Crippen LogP contribution is -2.58. The van der Waals surface area contributed by atoms with Gasteiger partial charge in [0.05, 0.1) is 0 Å². The minimum absolute atomic E-state index is 0.0275. The zero-order chi connectivity index (χ0) is 16.6. The van der Waals surface area contributed by atoms with E-state index in [9.17, 15) is 14.4 Å². The molecular weight excluding hydrogens is 288 g/mol. The van der Waals surface area contributed by atoms with Crippen molar-refractivity contribution >= 4 is 17.3 Å². The van der Waals surface area contributed by atoms with Gasteiger partial charge in [-0.25, -0.2) is 0 Å². The molecular formula is C20H28O3. The van der Waals surface area contributed by atoms with E-state index in [-0.39, 0.29) is 17.3 Å². The minimum Gasteiger partial charge on any atom is -0.299 e. The van der Waals surface area contributed by atoms with Crippen LogP contribution in [0, 0.1) is 40.4 Å². The summed E-state index contributed by atoms with van der Waals surface area (Å²) in [7, 11) is 0. The molecule has 0 amide bonds. The van der Waals surface area contributed by atoms with E-state index in [4.69, 9.17) is 0 Å². The van der Waals surface area contributed by atoms with E-state index in [0.29, 0.717) is 54.4 Å². The van der Waals surface area contributed by atoms with Crippen molar-refractivity contribution in [1.29, 1.82) is 0 Å². The van der Waals surface area contributed by atoms with E-state index in [0.717, 1.165) is 25.7 Å². The first kappa shape index (κ1) is 15.5. The number of carbonyl (C=O) groups is 3. The average molecular weight is 316 g/mol. The summed E-state index contributed by atoms with van der Waals surface area (Å²) in [6.07, 6.45) is 5.69. The van der Waals surface area contributed by atoms with Gasteiger partial charge in [0.2, 0.25) is 0 Å². The third-order valence-electron chi connectivity index (χ3n) is 8.21. The van der Waals surface area contributed by atoms with Gasteiger partial charge in [-0.1, -0.05) is 20.8 Å². The molecule has 4 aliphatic carbocycles. The molecule has 0 unspecified atom stereocenters. The number of carbonyl (C=O) groups excluding carboxylic acids is 3. The Morgan fingerprint density at radius 1 is 1.00 bits per heavy atom. The summed E-state index contributed by atoms with van der Waals surface area (Å²) in [5, 5.41) is 0. The van der Waals surface area contributed by atoms with E-state index >= 15 is 0 Å². The van der Waals surface area contributed by atoms with Gasteiger partial charge < -0.3 is 0 Å². The highest BCUT2D eigenvalue weighted by Crippen LogP contribution is 2.64. The van der Waals surface area contributed by atoms with Crippen molar-refractivity contribution in [2.24, 2.45) is 40.4 Å². The number of rotatable bonds is 0. The molecule has 4 fully saturated rings. The molecule has 0 saturated heterocycles. The highest BCUT2D eigenvalue weighted by molar-refractivity contribution is 5.95. The van der Waals surface area contributed by atoms with Gasteiger partial charge in [-0.2, -0.15) is 0 Å². The van der Waals surface area contributed by atoms with Gasteiger partial charge in [-0.15, -0.1) is 0 Å². The van der Waals surface area contributed by atoms with Crippen LogP contribution in [0.3, 0.4) is 0 Å². The topological polar surface area (TPSA) is 51.2 Å². The third kappa shape index (κ3) is 1.91. The van der Waals surface area contributed by atoms with Gasteiger partial charge >= 0.3 is 0 Å². The molecule has 4 rings (SSSR count). The smallest absolute Gasteiger partial charge is 0.139 e. The van der Waals surface area contributed by atoms with E-state index in [1.165, 1.54) is 0 Å². The molecule has 7 atom stereocenters. The van der Waals surface area contributed by atoms with Crippen molar-refractivity contribution in [3.8, 4) is 0 Å². The predicted molar refractivity (Wildman–Crippen MR) is 86.7 cm³/mol. The zero-order valence-corrected chi connectivity index (χ0v) is 14.6. The Labute approximate surface area is 138 Å². The fourth-order valence-electron chi connectivity index (χ4n) is 7.01. The Morgan fingerprint density at radius 3 is 2.48 bits per heavy atom. The third-order valence-corrected chi connectivity index (χ3v) is 8.21. The van der Waals surface area contributed by atoms with E-state index < -0.39 is 5.41 Å². The molecule has 4 saturated carbocycles. The molecule has 0 aromatic carbocycles. The van der Waals surface area contributed by atoms with Crippen LogP contribution in [0.5, 0.6) is 0 Å². The fraction of sp³-hybridized carbons (Fsp3) is 0.850. The van der Waals surface area contributed by atoms with Crippen molar-refractivity contribution in [2.75, 3.05) is 0 Å². The maximum atomic E-state index is 13.1. The molecule has 0 bridgehead atoms. The quantitative estimate of drug-likeness (QED) is 0.686. The summed E-state index contributed by atoms with van der Waals surface area (Å²) < 4.78 is 0. The summed E-state index contributed by atoms with van der Waals surface area (Å²) >= 11 is 0. The molecule has 3 nitrogen and oxygen atoms in total. The Kier molecular flexibility index (Phi) is 3.22. The molecule has 23 heavy (non-hydrogen) atoms. The summed E-state index contributed by atoms with van der Waals surface area (Å²) in [5.41, 5.74) is -0.419. The first-order chi connectivity index (χ1) is 10.8. The van der Waals surface area contributed by atoms with Crippen molar-refractivity contribution < 1.29 is 14.4 Å². The fourth-order valence-corrected chi connectivity index (χ4v) is 7.01. The standard InChI is InChI=1S/C20H28O3/c1-11-9-19(2)12(8-15(11)21)4-5-13-14-6-7-17(23)20(14,3)10-16(22)18(13)19/h11-14,18H,4-10H2,1-3H3/t11-,12+,13+,14+,18-,19+,20+/m1/s1. The summed E-state index contributed by atoms with van der Waals surface area (Å²) in [6, 6.07) is 0. The van der Waals surface area contributed by atoms with Crippen molar-refractivity contribution in [1.82, 2.24) is 0 Å². The summed E-state index contributed by atoms with van der Waals surface area (Å²) in [4.78, 5) is 37.7. The number of ketones is 3. The van der Waals surface area contributed by atoms with Gasteiger partial charge in [0.15, 0.2) is 0 Å². The molecule has 0 aromatic rings. The highest BCUT2D eigenvalue weighted by atomic mass is 16.1. The van der Waals surface area contributed by atoms with Crippen LogP contribution in [-0.2, 0) is 14.4 Å². The second kappa shape index (κ2) is 4.77. The zero-order valence-electron chi connectivity index (χ0n) is 14.6. The number of Topliss-reactive ketones (excluding diaryl/α,β-unsaturated/α-hetero) is 3. The second-order valence-corrected chi connectivity index (χ2v) is 9.33. The SMILES string of the molecule is C[C@@H]1C[C@@]2(C)[C@@H](CC[C@@H]3[C@@H]2C(=O)C[C@]2(C)C(=O)CC[C@@H]32)CC1=O. The van der Waals surface area contributed by atoms with Crippen LogP contribution in [0.2, 0.25) is 0 Å². The second-order valence-electron chi connectivity index (χ2n) is 9.33. The molecule has 0 N–H and O–H groups in total. The van der Waals surface area contributed by atoms with E-state index in [1.54, 1.807) is 0 Å². The molecule has 0 heterocycles. The number of hydrogen-bond acceptors (Lipinski definition) is 3. The van der Waals surface area contributed by atoms with Crippen molar-refractivity contribution in [3.63, 3.8) is 0 Å². The molecule has 0 spiro atoms. The lowest BCUT2D eigenvalue weighted by atomic mass is 9.44. The normalized spacial score (nSPS) is 52.8. The van der Waals surface area contributed by atoms with E-state index in [2.05, 4.69) is 6.92 Å². The molecule has 3 heteroatoms. The van der Waals surface area contributed by atoms with Gasteiger partial charge in [0.25, 0.3) is 0 Å². The average Bonchev–Trinajstić information content (AvgIpc) is 2.76. The summed E-state index contributed by atoms with van der Waals surface area (Å²) in [6.45, 7) is 6.35. The van der Waals surface area contributed by atoms with Crippen LogP contribution < -0.4 is 0 Å². The van der Waals surface area contributed by atoms with Crippen LogP contribution >= 0.6 is 0 Å². The van der Waals surface area contributed by atoms with Crippen LogP contribution in [0.4, 0.5) is 0 Å². The molecule has 126 valence electrons. The molecule has 0 aromatic heterocycles. The maximum absolute atomic E-state index is 13.1. The Bertz CT molecular complexity index is 594. The lowest BCUT2D eigenvalue weighted by Gasteiger charge is -2.58. The first-order valence-electron chi connectivity index (χ1n) is 9.36. The largest absolute Gasteiger partial charge is 0.299 e. The highest BCUT2D eigenvalue weighted by Gasteiger charge is 2.63. The maximum Gasteiger partial charge on any atom is 0.139 e. The van der Waals surface area contributed by atoms with Crippen molar-refractivity contribution in [2.45, 2.75) is 65.7 Å². The number of hydrogen-bond donors (Lipinski definition) is 0. The van der Waals surface area contributed by atoms with E-state index in [1.807, 2.05) is 13.8 Å². The lowest BCUT2D eigenvalue weighted by molar-refractivity contribution is -0.164. The van der Waals surface area contributed by atoms with Gasteiger partial charge in [-0.3, -0.25) is 14.4 Å². The Hall–Kier alpha value is -0.990. The minimum atomic E-state index is -0.391. The van der Waals surface area contributed by atoms with Crippen molar-refractivity contribution in [3.05, 3.63) is 0 Å².